The van der Waals surface area contributed by atoms with Crippen molar-refractivity contribution in [2.24, 2.45) is 17.6 Å². The van der Waals surface area contributed by atoms with Crippen molar-refractivity contribution >= 4 is 29.3 Å². The highest BCUT2D eigenvalue weighted by atomic mass is 16.5. The van der Waals surface area contributed by atoms with Crippen LogP contribution in [0, 0.1) is 11.8 Å². The predicted octanol–water partition coefficient (Wildman–Crippen LogP) is 0.881. The molecule has 0 aromatic heterocycles. The van der Waals surface area contributed by atoms with E-state index in [0.29, 0.717) is 22.6 Å². The van der Waals surface area contributed by atoms with E-state index in [1.54, 1.807) is 36.4 Å². The molecule has 0 radical (unpaired) electrons. The lowest BCUT2D eigenvalue weighted by Gasteiger charge is -2.29. The van der Waals surface area contributed by atoms with Crippen LogP contribution in [0.3, 0.4) is 0 Å². The normalized spacial score (nSPS) is 27.6. The number of amides is 4. The zero-order valence-corrected chi connectivity index (χ0v) is 18.0. The van der Waals surface area contributed by atoms with E-state index in [4.69, 9.17) is 10.5 Å². The van der Waals surface area contributed by atoms with Crippen molar-refractivity contribution in [1.29, 1.82) is 0 Å². The van der Waals surface area contributed by atoms with Crippen molar-refractivity contribution in [2.75, 3.05) is 12.4 Å². The Morgan fingerprint density at radius 3 is 2.58 bits per heavy atom. The maximum Gasteiger partial charge on any atom is 0.250 e. The number of imide groups is 1. The third-order valence-electron chi connectivity index (χ3n) is 6.94. The summed E-state index contributed by atoms with van der Waals surface area (Å²) in [5, 5.41) is 6.14. The smallest absolute Gasteiger partial charge is 0.250 e. The first kappa shape index (κ1) is 21.1. The number of carbonyl (C=O) groups is 4. The van der Waals surface area contributed by atoms with E-state index in [1.807, 2.05) is 12.1 Å². The summed E-state index contributed by atoms with van der Waals surface area (Å²) in [5.74, 6) is -2.82. The maximum atomic E-state index is 13.8. The van der Waals surface area contributed by atoms with Gasteiger partial charge in [0.1, 0.15) is 11.3 Å². The number of likely N-dealkylation sites (tertiary alicyclic amines) is 1. The Morgan fingerprint density at radius 2 is 1.82 bits per heavy atom. The van der Waals surface area contributed by atoms with E-state index in [9.17, 15) is 19.2 Å². The highest BCUT2D eigenvalue weighted by Gasteiger charge is 2.70. The minimum Gasteiger partial charge on any atom is -0.496 e. The van der Waals surface area contributed by atoms with Crippen LogP contribution in [-0.2, 0) is 31.3 Å². The van der Waals surface area contributed by atoms with Gasteiger partial charge in [-0.3, -0.25) is 29.4 Å². The number of hydrogen-bond donors (Lipinski definition) is 3. The first-order valence-electron chi connectivity index (χ1n) is 10.8. The van der Waals surface area contributed by atoms with Crippen molar-refractivity contribution in [3.05, 3.63) is 59.7 Å². The molecule has 2 aromatic rings. The average molecular weight is 448 g/mol. The van der Waals surface area contributed by atoms with Gasteiger partial charge in [0.15, 0.2) is 0 Å². The second kappa shape index (κ2) is 7.70. The van der Waals surface area contributed by atoms with Crippen molar-refractivity contribution in [2.45, 2.75) is 31.0 Å². The number of nitrogens with zero attached hydrogens (tertiary/aromatic N) is 1. The highest BCUT2D eigenvalue weighted by molar-refractivity contribution is 6.15. The molecule has 0 aliphatic carbocycles. The van der Waals surface area contributed by atoms with E-state index in [2.05, 4.69) is 10.6 Å². The summed E-state index contributed by atoms with van der Waals surface area (Å²) in [7, 11) is 1.53. The molecule has 4 atom stereocenters. The molecule has 5 rings (SSSR count). The molecule has 0 unspecified atom stereocenters. The van der Waals surface area contributed by atoms with Crippen LogP contribution in [0.1, 0.15) is 24.0 Å². The predicted molar refractivity (Wildman–Crippen MR) is 118 cm³/mol. The largest absolute Gasteiger partial charge is 0.496 e. The number of fused-ring (bicyclic) bond motifs is 4. The lowest BCUT2D eigenvalue weighted by Crippen LogP contribution is -2.53. The summed E-state index contributed by atoms with van der Waals surface area (Å²) in [5.41, 5.74) is 5.90. The number of methoxy groups -OCH3 is 1. The SMILES string of the molecule is COc1ccccc1CN1C(=O)[C@H]2[C@@H](CCC(N)=O)N[C@@]3(C(=O)Nc4ccccc43)[C@H]2C1=O. The zero-order chi connectivity index (χ0) is 23.3. The number of primary amides is 1. The van der Waals surface area contributed by atoms with Gasteiger partial charge in [-0.2, -0.15) is 0 Å². The van der Waals surface area contributed by atoms with Gasteiger partial charge in [-0.25, -0.2) is 0 Å². The van der Waals surface area contributed by atoms with Gasteiger partial charge < -0.3 is 15.8 Å². The first-order valence-corrected chi connectivity index (χ1v) is 10.8. The van der Waals surface area contributed by atoms with Crippen molar-refractivity contribution in [3.8, 4) is 5.75 Å². The number of ether oxygens (including phenoxy) is 1. The summed E-state index contributed by atoms with van der Waals surface area (Å²) in [4.78, 5) is 53.4. The van der Waals surface area contributed by atoms with Crippen LogP contribution in [0.2, 0.25) is 0 Å². The van der Waals surface area contributed by atoms with Gasteiger partial charge in [0, 0.05) is 29.3 Å². The third kappa shape index (κ3) is 3.03. The van der Waals surface area contributed by atoms with Crippen LogP contribution in [0.4, 0.5) is 5.69 Å². The Morgan fingerprint density at radius 1 is 1.09 bits per heavy atom. The molecule has 0 bridgehead atoms. The van der Waals surface area contributed by atoms with E-state index in [-0.39, 0.29) is 31.2 Å². The molecule has 3 heterocycles. The molecule has 0 saturated carbocycles. The van der Waals surface area contributed by atoms with Crippen molar-refractivity contribution in [3.63, 3.8) is 0 Å². The summed E-state index contributed by atoms with van der Waals surface area (Å²) in [6.07, 6.45) is 0.281. The number of carbonyl (C=O) groups excluding carboxylic acids is 4. The van der Waals surface area contributed by atoms with E-state index < -0.39 is 35.2 Å². The minimum absolute atomic E-state index is 0.0359. The molecular formula is C24H24N4O5. The fraction of sp³-hybridized carbons (Fsp3) is 0.333. The zero-order valence-electron chi connectivity index (χ0n) is 18.0. The summed E-state index contributed by atoms with van der Waals surface area (Å²) < 4.78 is 5.39. The molecule has 4 N–H and O–H groups in total. The van der Waals surface area contributed by atoms with Gasteiger partial charge in [-0.05, 0) is 18.6 Å². The lowest BCUT2D eigenvalue weighted by atomic mass is 9.76. The van der Waals surface area contributed by atoms with Gasteiger partial charge >= 0.3 is 0 Å². The van der Waals surface area contributed by atoms with Crippen molar-refractivity contribution < 1.29 is 23.9 Å². The lowest BCUT2D eigenvalue weighted by molar-refractivity contribution is -0.143. The van der Waals surface area contributed by atoms with E-state index >= 15 is 0 Å². The van der Waals surface area contributed by atoms with Gasteiger partial charge in [0.25, 0.3) is 0 Å². The Labute approximate surface area is 190 Å². The summed E-state index contributed by atoms with van der Waals surface area (Å²) >= 11 is 0. The van der Waals surface area contributed by atoms with E-state index in [0.717, 1.165) is 0 Å². The molecule has 33 heavy (non-hydrogen) atoms. The second-order valence-electron chi connectivity index (χ2n) is 8.64. The maximum absolute atomic E-state index is 13.8. The third-order valence-corrected chi connectivity index (χ3v) is 6.94. The fourth-order valence-electron chi connectivity index (χ4n) is 5.52. The second-order valence-corrected chi connectivity index (χ2v) is 8.64. The number of hydrogen-bond acceptors (Lipinski definition) is 6. The van der Waals surface area contributed by atoms with Crippen LogP contribution in [-0.4, -0.2) is 41.7 Å². The Balaban J connectivity index is 1.57. The number of nitrogens with one attached hydrogen (secondary N) is 2. The summed E-state index contributed by atoms with van der Waals surface area (Å²) in [6.45, 7) is 0.0383. The Kier molecular flexibility index (Phi) is 4.93. The van der Waals surface area contributed by atoms with Crippen LogP contribution in [0.15, 0.2) is 48.5 Å². The average Bonchev–Trinajstić information content (AvgIpc) is 3.39. The molecular weight excluding hydrogens is 424 g/mol. The number of anilines is 1. The molecule has 1 spiro atoms. The Hall–Kier alpha value is -3.72. The van der Waals surface area contributed by atoms with E-state index in [1.165, 1.54) is 12.0 Å². The molecule has 4 amide bonds. The summed E-state index contributed by atoms with van der Waals surface area (Å²) in [6, 6.07) is 13.8. The molecule has 9 heteroatoms. The molecule has 3 aliphatic rings. The Bertz CT molecular complexity index is 1180. The van der Waals surface area contributed by atoms with Crippen LogP contribution in [0.5, 0.6) is 5.75 Å². The van der Waals surface area contributed by atoms with Crippen molar-refractivity contribution in [1.82, 2.24) is 10.2 Å². The van der Waals surface area contributed by atoms with Gasteiger partial charge in [0.05, 0.1) is 25.5 Å². The van der Waals surface area contributed by atoms with Crippen LogP contribution in [0.25, 0.3) is 0 Å². The minimum atomic E-state index is -1.38. The number of nitrogens with two attached hydrogens (primary N) is 1. The molecule has 2 aromatic carbocycles. The fourth-order valence-corrected chi connectivity index (χ4v) is 5.52. The first-order chi connectivity index (χ1) is 15.9. The number of rotatable bonds is 6. The molecule has 3 aliphatic heterocycles. The van der Waals surface area contributed by atoms with Gasteiger partial charge in [-0.1, -0.05) is 36.4 Å². The quantitative estimate of drug-likeness (QED) is 0.563. The topological polar surface area (TPSA) is 131 Å². The molecule has 170 valence electrons. The standard InChI is InChI=1S/C24H24N4O5/c1-33-17-9-5-2-6-13(17)12-28-21(30)19-16(10-11-18(25)29)27-24(20(19)22(28)31)14-7-3-4-8-15(14)26-23(24)32/h2-9,16,19-20,27H,10-12H2,1H3,(H2,25,29)(H,26,32)/t16-,19+,20-,24-/m1/s1. The monoisotopic (exact) mass is 448 g/mol. The van der Waals surface area contributed by atoms with Crippen LogP contribution < -0.4 is 21.1 Å². The van der Waals surface area contributed by atoms with Crippen LogP contribution >= 0.6 is 0 Å². The molecule has 9 nitrogen and oxygen atoms in total. The van der Waals surface area contributed by atoms with Gasteiger partial charge in [0.2, 0.25) is 23.6 Å². The number of benzene rings is 2. The molecule has 2 fully saturated rings. The highest BCUT2D eigenvalue weighted by Crippen LogP contribution is 2.53. The molecule has 2 saturated heterocycles. The van der Waals surface area contributed by atoms with Gasteiger partial charge in [-0.15, -0.1) is 0 Å². The number of para-hydroxylation sites is 2.